The molecule has 20 heavy (non-hydrogen) atoms. The van der Waals surface area contributed by atoms with E-state index in [0.717, 1.165) is 6.42 Å². The average molecular weight is 296 g/mol. The van der Waals surface area contributed by atoms with Crippen LogP contribution in [0.25, 0.3) is 0 Å². The second-order valence-electron chi connectivity index (χ2n) is 4.29. The van der Waals surface area contributed by atoms with Crippen LogP contribution in [0.3, 0.4) is 0 Å². The molecular weight excluding hydrogens is 276 g/mol. The summed E-state index contributed by atoms with van der Waals surface area (Å²) >= 11 is 4.88. The third kappa shape index (κ3) is 4.09. The number of ether oxygens (including phenoxy) is 2. The molecule has 0 aliphatic carbocycles. The molecular formula is C14H20N2O3S. The van der Waals surface area contributed by atoms with Gasteiger partial charge < -0.3 is 20.5 Å². The van der Waals surface area contributed by atoms with Crippen molar-refractivity contribution in [3.8, 4) is 11.5 Å². The number of hydrogen-bond acceptors (Lipinski definition) is 4. The van der Waals surface area contributed by atoms with Gasteiger partial charge in [-0.3, -0.25) is 4.79 Å². The van der Waals surface area contributed by atoms with E-state index in [1.165, 1.54) is 14.2 Å². The molecule has 0 aromatic heterocycles. The summed E-state index contributed by atoms with van der Waals surface area (Å²) in [5.74, 6) is 0.668. The van der Waals surface area contributed by atoms with Crippen LogP contribution in [0.2, 0.25) is 0 Å². The quantitative estimate of drug-likeness (QED) is 0.752. The summed E-state index contributed by atoms with van der Waals surface area (Å²) < 4.78 is 10.4. The number of benzene rings is 1. The zero-order chi connectivity index (χ0) is 15.1. The van der Waals surface area contributed by atoms with Crippen LogP contribution in [-0.2, 0) is 0 Å². The molecule has 0 fully saturated rings. The second kappa shape index (κ2) is 7.69. The number of nitrogens with one attached hydrogen (secondary N) is 1. The van der Waals surface area contributed by atoms with Crippen LogP contribution in [0.4, 0.5) is 0 Å². The highest BCUT2D eigenvalue weighted by Gasteiger charge is 2.20. The van der Waals surface area contributed by atoms with Gasteiger partial charge in [0, 0.05) is 12.5 Å². The second-order valence-corrected chi connectivity index (χ2v) is 4.81. The van der Waals surface area contributed by atoms with Crippen LogP contribution >= 0.6 is 12.2 Å². The molecule has 1 unspecified atom stereocenters. The van der Waals surface area contributed by atoms with Crippen molar-refractivity contribution in [3.63, 3.8) is 0 Å². The summed E-state index contributed by atoms with van der Waals surface area (Å²) in [6, 6.07) is 5.09. The Morgan fingerprint density at radius 3 is 2.30 bits per heavy atom. The van der Waals surface area contributed by atoms with Crippen molar-refractivity contribution in [3.05, 3.63) is 23.8 Å². The van der Waals surface area contributed by atoms with Crippen molar-refractivity contribution in [1.82, 2.24) is 5.32 Å². The van der Waals surface area contributed by atoms with Crippen molar-refractivity contribution in [2.24, 2.45) is 5.73 Å². The van der Waals surface area contributed by atoms with Gasteiger partial charge in [-0.1, -0.05) is 25.2 Å². The van der Waals surface area contributed by atoms with Gasteiger partial charge in [-0.2, -0.15) is 0 Å². The van der Waals surface area contributed by atoms with Crippen LogP contribution < -0.4 is 20.5 Å². The Morgan fingerprint density at radius 2 is 1.90 bits per heavy atom. The monoisotopic (exact) mass is 296 g/mol. The number of methoxy groups -OCH3 is 2. The molecule has 6 heteroatoms. The van der Waals surface area contributed by atoms with E-state index >= 15 is 0 Å². The van der Waals surface area contributed by atoms with Gasteiger partial charge in [0.05, 0.1) is 19.2 Å². The molecule has 0 saturated carbocycles. The molecule has 0 aliphatic heterocycles. The standard InChI is InChI=1S/C14H20N2O3S/c1-4-9(8-12(15)20)16-14(17)13-10(18-2)6-5-7-11(13)19-3/h5-7,9H,4,8H2,1-3H3,(H2,15,20)(H,16,17). The van der Waals surface area contributed by atoms with Crippen LogP contribution in [-0.4, -0.2) is 31.2 Å². The van der Waals surface area contributed by atoms with Gasteiger partial charge in [0.15, 0.2) is 0 Å². The summed E-state index contributed by atoms with van der Waals surface area (Å²) in [6.07, 6.45) is 1.20. The van der Waals surface area contributed by atoms with Crippen molar-refractivity contribution in [2.75, 3.05) is 14.2 Å². The average Bonchev–Trinajstić information content (AvgIpc) is 2.44. The first-order valence-electron chi connectivity index (χ1n) is 6.33. The third-order valence-electron chi connectivity index (χ3n) is 2.93. The summed E-state index contributed by atoms with van der Waals surface area (Å²) in [4.78, 5) is 12.8. The highest BCUT2D eigenvalue weighted by molar-refractivity contribution is 7.80. The first-order chi connectivity index (χ1) is 9.53. The van der Waals surface area contributed by atoms with Gasteiger partial charge in [-0.15, -0.1) is 0 Å². The summed E-state index contributed by atoms with van der Waals surface area (Å²) in [5.41, 5.74) is 5.90. The van der Waals surface area contributed by atoms with Crippen molar-refractivity contribution in [2.45, 2.75) is 25.8 Å². The zero-order valence-electron chi connectivity index (χ0n) is 11.9. The Hall–Kier alpha value is -1.82. The number of carbonyl (C=O) groups excluding carboxylic acids is 1. The minimum absolute atomic E-state index is 0.102. The van der Waals surface area contributed by atoms with E-state index in [2.05, 4.69) is 5.32 Å². The lowest BCUT2D eigenvalue weighted by atomic mass is 10.1. The molecule has 5 nitrogen and oxygen atoms in total. The Kier molecular flexibility index (Phi) is 6.24. The minimum atomic E-state index is -0.262. The Bertz CT molecular complexity index is 469. The van der Waals surface area contributed by atoms with Gasteiger partial charge in [0.2, 0.25) is 0 Å². The molecule has 1 aromatic carbocycles. The molecule has 0 aliphatic rings. The van der Waals surface area contributed by atoms with Gasteiger partial charge in [-0.05, 0) is 18.6 Å². The van der Waals surface area contributed by atoms with Gasteiger partial charge in [0.25, 0.3) is 5.91 Å². The van der Waals surface area contributed by atoms with E-state index in [9.17, 15) is 4.79 Å². The van der Waals surface area contributed by atoms with Crippen molar-refractivity contribution >= 4 is 23.1 Å². The molecule has 1 aromatic rings. The fraction of sp³-hybridized carbons (Fsp3) is 0.429. The molecule has 0 bridgehead atoms. The first-order valence-corrected chi connectivity index (χ1v) is 6.74. The molecule has 1 amide bonds. The fourth-order valence-electron chi connectivity index (χ4n) is 1.87. The largest absolute Gasteiger partial charge is 0.496 e. The van der Waals surface area contributed by atoms with E-state index in [0.29, 0.717) is 28.5 Å². The summed E-state index contributed by atoms with van der Waals surface area (Å²) in [7, 11) is 3.02. The maximum Gasteiger partial charge on any atom is 0.259 e. The van der Waals surface area contributed by atoms with E-state index in [4.69, 9.17) is 27.4 Å². The van der Waals surface area contributed by atoms with Crippen molar-refractivity contribution in [1.29, 1.82) is 0 Å². The lowest BCUT2D eigenvalue weighted by molar-refractivity contribution is 0.0931. The van der Waals surface area contributed by atoms with Crippen LogP contribution in [0, 0.1) is 0 Å². The SMILES string of the molecule is CCC(CC(N)=S)NC(=O)c1c(OC)cccc1OC. The van der Waals surface area contributed by atoms with Gasteiger partial charge in [0.1, 0.15) is 17.1 Å². The summed E-state index contributed by atoms with van der Waals surface area (Å²) in [6.45, 7) is 1.96. The van der Waals surface area contributed by atoms with E-state index < -0.39 is 0 Å². The van der Waals surface area contributed by atoms with Crippen molar-refractivity contribution < 1.29 is 14.3 Å². The van der Waals surface area contributed by atoms with E-state index in [1.807, 2.05) is 6.92 Å². The Labute approximate surface area is 124 Å². The number of rotatable bonds is 7. The Balaban J connectivity index is 2.98. The minimum Gasteiger partial charge on any atom is -0.496 e. The predicted molar refractivity (Wildman–Crippen MR) is 82.5 cm³/mol. The molecule has 0 spiro atoms. The lowest BCUT2D eigenvalue weighted by Gasteiger charge is -2.18. The number of nitrogens with two attached hydrogens (primary N) is 1. The van der Waals surface area contributed by atoms with Gasteiger partial charge >= 0.3 is 0 Å². The molecule has 0 radical (unpaired) electrons. The number of amides is 1. The predicted octanol–water partition coefficient (Wildman–Crippen LogP) is 1.89. The van der Waals surface area contributed by atoms with Crippen LogP contribution in [0.5, 0.6) is 11.5 Å². The first kappa shape index (κ1) is 16.2. The number of hydrogen-bond donors (Lipinski definition) is 2. The van der Waals surface area contributed by atoms with Crippen LogP contribution in [0.1, 0.15) is 30.1 Å². The van der Waals surface area contributed by atoms with E-state index in [-0.39, 0.29) is 11.9 Å². The molecule has 1 atom stereocenters. The third-order valence-corrected chi connectivity index (χ3v) is 3.10. The Morgan fingerprint density at radius 1 is 1.35 bits per heavy atom. The maximum absolute atomic E-state index is 12.4. The molecule has 1 rings (SSSR count). The molecule has 0 heterocycles. The molecule has 110 valence electrons. The highest BCUT2D eigenvalue weighted by Crippen LogP contribution is 2.28. The fourth-order valence-corrected chi connectivity index (χ4v) is 2.07. The topological polar surface area (TPSA) is 73.6 Å². The molecule has 0 saturated heterocycles. The van der Waals surface area contributed by atoms with E-state index in [1.54, 1.807) is 18.2 Å². The summed E-state index contributed by atoms with van der Waals surface area (Å²) in [5, 5.41) is 2.90. The maximum atomic E-state index is 12.4. The number of thiocarbonyl (C=S) groups is 1. The number of carbonyl (C=O) groups is 1. The zero-order valence-corrected chi connectivity index (χ0v) is 12.8. The van der Waals surface area contributed by atoms with Gasteiger partial charge in [-0.25, -0.2) is 0 Å². The lowest BCUT2D eigenvalue weighted by Crippen LogP contribution is -2.37. The van der Waals surface area contributed by atoms with Crippen LogP contribution in [0.15, 0.2) is 18.2 Å². The molecule has 3 N–H and O–H groups in total. The smallest absolute Gasteiger partial charge is 0.259 e. The highest BCUT2D eigenvalue weighted by atomic mass is 32.1. The normalized spacial score (nSPS) is 11.6.